The van der Waals surface area contributed by atoms with Crippen molar-refractivity contribution in [2.24, 2.45) is 0 Å². The molecule has 1 fully saturated rings. The average Bonchev–Trinajstić information content (AvgIpc) is 3.26. The molecule has 0 saturated heterocycles. The first-order chi connectivity index (χ1) is 12.1. The number of hydrogen-bond donors (Lipinski definition) is 2. The van der Waals surface area contributed by atoms with E-state index in [0.717, 1.165) is 30.0 Å². The molecular formula is C18H19N5O2. The zero-order chi connectivity index (χ0) is 17.4. The molecule has 0 bridgehead atoms. The molecule has 7 heteroatoms. The Hall–Kier alpha value is -3.09. The highest BCUT2D eigenvalue weighted by Crippen LogP contribution is 2.44. The smallest absolute Gasteiger partial charge is 0.323 e. The van der Waals surface area contributed by atoms with E-state index in [9.17, 15) is 4.79 Å². The van der Waals surface area contributed by atoms with Crippen LogP contribution >= 0.6 is 0 Å². The van der Waals surface area contributed by atoms with E-state index in [2.05, 4.69) is 20.9 Å². The topological polar surface area (TPSA) is 85.0 Å². The Kier molecular flexibility index (Phi) is 3.76. The lowest BCUT2D eigenvalue weighted by molar-refractivity contribution is 0.262. The van der Waals surface area contributed by atoms with E-state index < -0.39 is 0 Å². The largest absolute Gasteiger partial charge is 0.359 e. The molecule has 0 unspecified atom stereocenters. The van der Waals surface area contributed by atoms with Crippen molar-refractivity contribution in [3.63, 3.8) is 0 Å². The van der Waals surface area contributed by atoms with Gasteiger partial charge in [0.2, 0.25) is 0 Å². The molecule has 2 N–H and O–H groups in total. The molecular weight excluding hydrogens is 318 g/mol. The van der Waals surface area contributed by atoms with Crippen LogP contribution in [0, 0.1) is 13.8 Å². The average molecular weight is 337 g/mol. The quantitative estimate of drug-likeness (QED) is 0.753. The summed E-state index contributed by atoms with van der Waals surface area (Å²) in [5.74, 6) is 1.14. The van der Waals surface area contributed by atoms with Gasteiger partial charge in [-0.25, -0.2) is 9.48 Å². The molecule has 1 aliphatic carbocycles. The second-order valence-electron chi connectivity index (χ2n) is 6.26. The lowest BCUT2D eigenvalue weighted by Crippen LogP contribution is -2.21. The van der Waals surface area contributed by atoms with E-state index in [1.807, 2.05) is 44.2 Å². The van der Waals surface area contributed by atoms with E-state index in [0.29, 0.717) is 23.0 Å². The number of urea groups is 1. The SMILES string of the molecule is Cc1noc(C2CC2)c1NC(=O)Nc1ccccc1-n1nccc1C. The number of amides is 2. The van der Waals surface area contributed by atoms with Crippen molar-refractivity contribution in [2.45, 2.75) is 32.6 Å². The molecule has 2 amide bonds. The van der Waals surface area contributed by atoms with Gasteiger partial charge in [-0.1, -0.05) is 17.3 Å². The number of aryl methyl sites for hydroxylation is 2. The molecule has 0 aliphatic heterocycles. The molecule has 0 atom stereocenters. The number of carbonyl (C=O) groups is 1. The Labute approximate surface area is 145 Å². The van der Waals surface area contributed by atoms with Crippen molar-refractivity contribution in [2.75, 3.05) is 10.6 Å². The highest BCUT2D eigenvalue weighted by molar-refractivity contribution is 6.01. The third-order valence-electron chi connectivity index (χ3n) is 4.29. The fourth-order valence-corrected chi connectivity index (χ4v) is 2.82. The first kappa shape index (κ1) is 15.4. The molecule has 1 aliphatic rings. The summed E-state index contributed by atoms with van der Waals surface area (Å²) in [5.41, 5.74) is 3.83. The molecule has 2 aromatic heterocycles. The van der Waals surface area contributed by atoms with Crippen LogP contribution in [0.3, 0.4) is 0 Å². The van der Waals surface area contributed by atoms with Crippen LogP contribution in [0.1, 0.15) is 35.9 Å². The summed E-state index contributed by atoms with van der Waals surface area (Å²) >= 11 is 0. The van der Waals surface area contributed by atoms with Gasteiger partial charge in [-0.3, -0.25) is 0 Å². The van der Waals surface area contributed by atoms with Crippen molar-refractivity contribution in [1.29, 1.82) is 0 Å². The first-order valence-corrected chi connectivity index (χ1v) is 8.27. The maximum absolute atomic E-state index is 12.5. The molecule has 1 aromatic carbocycles. The van der Waals surface area contributed by atoms with E-state index in [4.69, 9.17) is 4.52 Å². The molecule has 2 heterocycles. The number of nitrogens with zero attached hydrogens (tertiary/aromatic N) is 3. The molecule has 7 nitrogen and oxygen atoms in total. The minimum absolute atomic E-state index is 0.328. The van der Waals surface area contributed by atoms with Crippen LogP contribution in [0.5, 0.6) is 0 Å². The fourth-order valence-electron chi connectivity index (χ4n) is 2.82. The van der Waals surface area contributed by atoms with Crippen LogP contribution in [0.2, 0.25) is 0 Å². The zero-order valence-electron chi connectivity index (χ0n) is 14.1. The van der Waals surface area contributed by atoms with Crippen molar-refractivity contribution in [1.82, 2.24) is 14.9 Å². The molecule has 128 valence electrons. The van der Waals surface area contributed by atoms with Crippen LogP contribution < -0.4 is 10.6 Å². The molecule has 0 radical (unpaired) electrons. The number of benzene rings is 1. The molecule has 0 spiro atoms. The van der Waals surface area contributed by atoms with Gasteiger partial charge in [0.1, 0.15) is 11.4 Å². The fraction of sp³-hybridized carbons (Fsp3) is 0.278. The highest BCUT2D eigenvalue weighted by atomic mass is 16.5. The van der Waals surface area contributed by atoms with Gasteiger partial charge in [0, 0.05) is 17.8 Å². The van der Waals surface area contributed by atoms with Gasteiger partial charge in [-0.2, -0.15) is 5.10 Å². The third-order valence-corrected chi connectivity index (χ3v) is 4.29. The van der Waals surface area contributed by atoms with Gasteiger partial charge < -0.3 is 15.2 Å². The van der Waals surface area contributed by atoms with E-state index in [1.165, 1.54) is 0 Å². The minimum Gasteiger partial charge on any atom is -0.359 e. The highest BCUT2D eigenvalue weighted by Gasteiger charge is 2.32. The van der Waals surface area contributed by atoms with Crippen LogP contribution in [0.25, 0.3) is 5.69 Å². The Morgan fingerprint density at radius 1 is 1.20 bits per heavy atom. The second-order valence-corrected chi connectivity index (χ2v) is 6.26. The van der Waals surface area contributed by atoms with Crippen molar-refractivity contribution in [3.8, 4) is 5.69 Å². The van der Waals surface area contributed by atoms with Crippen molar-refractivity contribution < 1.29 is 9.32 Å². The summed E-state index contributed by atoms with van der Waals surface area (Å²) in [4.78, 5) is 12.5. The van der Waals surface area contributed by atoms with Crippen LogP contribution in [0.15, 0.2) is 41.1 Å². The number of aromatic nitrogens is 3. The normalized spacial score (nSPS) is 13.7. The number of anilines is 2. The van der Waals surface area contributed by atoms with Gasteiger partial charge in [-0.15, -0.1) is 0 Å². The summed E-state index contributed by atoms with van der Waals surface area (Å²) in [5, 5.41) is 14.1. The number of hydrogen-bond acceptors (Lipinski definition) is 4. The summed E-state index contributed by atoms with van der Waals surface area (Å²) < 4.78 is 7.15. The van der Waals surface area contributed by atoms with Gasteiger partial charge >= 0.3 is 6.03 Å². The number of para-hydroxylation sites is 2. The Morgan fingerprint density at radius 2 is 2.00 bits per heavy atom. The van der Waals surface area contributed by atoms with Gasteiger partial charge in [0.25, 0.3) is 0 Å². The van der Waals surface area contributed by atoms with Gasteiger partial charge in [0.15, 0.2) is 5.76 Å². The maximum Gasteiger partial charge on any atom is 0.323 e. The number of rotatable bonds is 4. The molecule has 3 aromatic rings. The first-order valence-electron chi connectivity index (χ1n) is 8.27. The zero-order valence-corrected chi connectivity index (χ0v) is 14.1. The summed E-state index contributed by atoms with van der Waals surface area (Å²) in [6, 6.07) is 9.13. The molecule has 4 rings (SSSR count). The van der Waals surface area contributed by atoms with Gasteiger partial charge in [0.05, 0.1) is 11.4 Å². The lowest BCUT2D eigenvalue weighted by Gasteiger charge is -2.13. The molecule has 1 saturated carbocycles. The van der Waals surface area contributed by atoms with Crippen molar-refractivity contribution >= 4 is 17.4 Å². The lowest BCUT2D eigenvalue weighted by atomic mass is 10.2. The minimum atomic E-state index is -0.328. The Bertz CT molecular complexity index is 923. The molecule has 25 heavy (non-hydrogen) atoms. The van der Waals surface area contributed by atoms with E-state index in [1.54, 1.807) is 10.9 Å². The summed E-state index contributed by atoms with van der Waals surface area (Å²) in [6.07, 6.45) is 3.88. The van der Waals surface area contributed by atoms with E-state index >= 15 is 0 Å². The Morgan fingerprint density at radius 3 is 2.72 bits per heavy atom. The Balaban J connectivity index is 1.56. The number of carbonyl (C=O) groups excluding carboxylic acids is 1. The summed E-state index contributed by atoms with van der Waals surface area (Å²) in [7, 11) is 0. The van der Waals surface area contributed by atoms with Crippen LogP contribution in [-0.4, -0.2) is 21.0 Å². The van der Waals surface area contributed by atoms with Gasteiger partial charge in [-0.05, 0) is 44.9 Å². The van der Waals surface area contributed by atoms with Crippen LogP contribution in [-0.2, 0) is 0 Å². The predicted octanol–water partition coefficient (Wildman–Crippen LogP) is 4.00. The monoisotopic (exact) mass is 337 g/mol. The van der Waals surface area contributed by atoms with Crippen molar-refractivity contribution in [3.05, 3.63) is 53.7 Å². The van der Waals surface area contributed by atoms with Crippen LogP contribution in [0.4, 0.5) is 16.2 Å². The maximum atomic E-state index is 12.5. The third kappa shape index (κ3) is 3.00. The summed E-state index contributed by atoms with van der Waals surface area (Å²) in [6.45, 7) is 3.79. The standard InChI is InChI=1S/C18H19N5O2/c1-11-9-10-19-23(11)15-6-4-3-5-14(15)20-18(24)21-16-12(2)22-25-17(16)13-7-8-13/h3-6,9-10,13H,7-8H2,1-2H3,(H2,20,21,24). The number of nitrogens with one attached hydrogen (secondary N) is 2. The van der Waals surface area contributed by atoms with E-state index in [-0.39, 0.29) is 6.03 Å². The predicted molar refractivity (Wildman–Crippen MR) is 94.2 cm³/mol. The second kappa shape index (κ2) is 6.08.